The van der Waals surface area contributed by atoms with Gasteiger partial charge in [0.15, 0.2) is 9.84 Å². The second kappa shape index (κ2) is 5.32. The predicted molar refractivity (Wildman–Crippen MR) is 64.3 cm³/mol. The van der Waals surface area contributed by atoms with Gasteiger partial charge in [0.2, 0.25) is 0 Å². The molecule has 0 aliphatic carbocycles. The van der Waals surface area contributed by atoms with Crippen molar-refractivity contribution >= 4 is 9.84 Å². The van der Waals surface area contributed by atoms with Gasteiger partial charge in [0.25, 0.3) is 0 Å². The number of para-hydroxylation sites is 1. The molecule has 0 saturated heterocycles. The number of benzene rings is 1. The molecule has 0 aliphatic heterocycles. The molecular formula is C11H17NO3S. The molecule has 1 aromatic carbocycles. The molecule has 0 bridgehead atoms. The lowest BCUT2D eigenvalue weighted by atomic mass is 10.1. The molecule has 0 aliphatic rings. The highest BCUT2D eigenvalue weighted by atomic mass is 32.2. The van der Waals surface area contributed by atoms with E-state index in [1.54, 1.807) is 6.07 Å². The Hall–Kier alpha value is -1.07. The maximum absolute atomic E-state index is 10.9. The summed E-state index contributed by atoms with van der Waals surface area (Å²) in [6.07, 6.45) is 1.19. The fourth-order valence-electron chi connectivity index (χ4n) is 1.29. The highest BCUT2D eigenvalue weighted by Crippen LogP contribution is 2.22. The molecule has 1 atom stereocenters. The highest BCUT2D eigenvalue weighted by Gasteiger charge is 2.08. The van der Waals surface area contributed by atoms with Gasteiger partial charge in [-0.3, -0.25) is 0 Å². The predicted octanol–water partition coefficient (Wildman–Crippen LogP) is 1.13. The number of hydrogen-bond donors (Lipinski definition) is 1. The van der Waals surface area contributed by atoms with Crippen LogP contribution >= 0.6 is 0 Å². The summed E-state index contributed by atoms with van der Waals surface area (Å²) < 4.78 is 27.3. The normalized spacial score (nSPS) is 13.4. The highest BCUT2D eigenvalue weighted by molar-refractivity contribution is 7.90. The fourth-order valence-corrected chi connectivity index (χ4v) is 1.68. The minimum atomic E-state index is -2.98. The lowest BCUT2D eigenvalue weighted by Crippen LogP contribution is -2.14. The van der Waals surface area contributed by atoms with Gasteiger partial charge in [-0.05, 0) is 13.0 Å². The van der Waals surface area contributed by atoms with Crippen molar-refractivity contribution in [2.24, 2.45) is 5.73 Å². The van der Waals surface area contributed by atoms with Gasteiger partial charge in [-0.1, -0.05) is 18.2 Å². The first-order chi connectivity index (χ1) is 7.40. The van der Waals surface area contributed by atoms with Gasteiger partial charge >= 0.3 is 0 Å². The van der Waals surface area contributed by atoms with Crippen molar-refractivity contribution in [3.05, 3.63) is 29.8 Å². The Morgan fingerprint density at radius 3 is 2.56 bits per heavy atom. The van der Waals surface area contributed by atoms with Crippen LogP contribution in [0.2, 0.25) is 0 Å². The third-order valence-electron chi connectivity index (χ3n) is 2.12. The third kappa shape index (κ3) is 4.20. The summed E-state index contributed by atoms with van der Waals surface area (Å²) in [5.41, 5.74) is 6.66. The summed E-state index contributed by atoms with van der Waals surface area (Å²) in [4.78, 5) is 0. The molecule has 0 aromatic heterocycles. The van der Waals surface area contributed by atoms with Crippen LogP contribution in [0, 0.1) is 0 Å². The van der Waals surface area contributed by atoms with E-state index in [0.717, 1.165) is 5.56 Å². The van der Waals surface area contributed by atoms with Crippen LogP contribution in [0.3, 0.4) is 0 Å². The van der Waals surface area contributed by atoms with Gasteiger partial charge in [-0.15, -0.1) is 0 Å². The van der Waals surface area contributed by atoms with Crippen molar-refractivity contribution in [3.8, 4) is 5.75 Å². The topological polar surface area (TPSA) is 69.4 Å². The zero-order chi connectivity index (χ0) is 12.2. The molecule has 0 amide bonds. The van der Waals surface area contributed by atoms with Crippen LogP contribution in [0.5, 0.6) is 5.75 Å². The molecule has 0 saturated carbocycles. The van der Waals surface area contributed by atoms with Gasteiger partial charge in [0, 0.05) is 17.9 Å². The largest absolute Gasteiger partial charge is 0.492 e. The van der Waals surface area contributed by atoms with Crippen LogP contribution in [0.1, 0.15) is 18.5 Å². The monoisotopic (exact) mass is 243 g/mol. The van der Waals surface area contributed by atoms with Crippen molar-refractivity contribution in [2.45, 2.75) is 13.0 Å². The number of sulfone groups is 1. The first-order valence-electron chi connectivity index (χ1n) is 5.05. The Morgan fingerprint density at radius 2 is 2.00 bits per heavy atom. The van der Waals surface area contributed by atoms with Gasteiger partial charge in [-0.25, -0.2) is 8.42 Å². The van der Waals surface area contributed by atoms with Gasteiger partial charge in [0.05, 0.1) is 5.75 Å². The number of hydrogen-bond acceptors (Lipinski definition) is 4. The van der Waals surface area contributed by atoms with Crippen LogP contribution in [0.25, 0.3) is 0 Å². The average Bonchev–Trinajstić information content (AvgIpc) is 2.16. The Balaban J connectivity index is 2.67. The van der Waals surface area contributed by atoms with Crippen LogP contribution in [-0.4, -0.2) is 27.0 Å². The molecule has 2 N–H and O–H groups in total. The van der Waals surface area contributed by atoms with E-state index < -0.39 is 9.84 Å². The quantitative estimate of drug-likeness (QED) is 0.841. The zero-order valence-corrected chi connectivity index (χ0v) is 10.3. The minimum Gasteiger partial charge on any atom is -0.492 e. The molecule has 16 heavy (non-hydrogen) atoms. The second-order valence-electron chi connectivity index (χ2n) is 3.80. The molecule has 0 heterocycles. The smallest absolute Gasteiger partial charge is 0.150 e. The first-order valence-corrected chi connectivity index (χ1v) is 7.11. The fraction of sp³-hybridized carbons (Fsp3) is 0.455. The third-order valence-corrected chi connectivity index (χ3v) is 3.03. The zero-order valence-electron chi connectivity index (χ0n) is 9.51. The van der Waals surface area contributed by atoms with Crippen LogP contribution in [0.4, 0.5) is 0 Å². The summed E-state index contributed by atoms with van der Waals surface area (Å²) in [6, 6.07) is 7.25. The summed E-state index contributed by atoms with van der Waals surface area (Å²) in [7, 11) is -2.98. The van der Waals surface area contributed by atoms with Crippen molar-refractivity contribution in [3.63, 3.8) is 0 Å². The lowest BCUT2D eigenvalue weighted by Gasteiger charge is -2.13. The molecule has 4 nitrogen and oxygen atoms in total. The molecule has 0 fully saturated rings. The van der Waals surface area contributed by atoms with E-state index in [2.05, 4.69) is 0 Å². The Labute approximate surface area is 96.3 Å². The minimum absolute atomic E-state index is 0.0142. The Morgan fingerprint density at radius 1 is 1.38 bits per heavy atom. The molecule has 0 unspecified atom stereocenters. The second-order valence-corrected chi connectivity index (χ2v) is 6.06. The van der Waals surface area contributed by atoms with Crippen molar-refractivity contribution in [1.29, 1.82) is 0 Å². The molecular weight excluding hydrogens is 226 g/mol. The SMILES string of the molecule is C[C@@H](N)c1ccccc1OCCS(C)(=O)=O. The first kappa shape index (κ1) is 13.0. The van der Waals surface area contributed by atoms with E-state index in [-0.39, 0.29) is 18.4 Å². The van der Waals surface area contributed by atoms with E-state index >= 15 is 0 Å². The van der Waals surface area contributed by atoms with Gasteiger partial charge in [-0.2, -0.15) is 0 Å². The summed E-state index contributed by atoms with van der Waals surface area (Å²) >= 11 is 0. The molecule has 90 valence electrons. The standard InChI is InChI=1S/C11H17NO3S/c1-9(12)10-5-3-4-6-11(10)15-7-8-16(2,13)14/h3-6,9H,7-8,12H2,1-2H3/t9-/m1/s1. The molecule has 1 rings (SSSR count). The maximum atomic E-state index is 10.9. The molecule has 0 spiro atoms. The van der Waals surface area contributed by atoms with E-state index in [1.807, 2.05) is 25.1 Å². The van der Waals surface area contributed by atoms with Crippen molar-refractivity contribution in [1.82, 2.24) is 0 Å². The Kier molecular flexibility index (Phi) is 4.32. The van der Waals surface area contributed by atoms with E-state index in [1.165, 1.54) is 6.26 Å². The van der Waals surface area contributed by atoms with Crippen molar-refractivity contribution < 1.29 is 13.2 Å². The maximum Gasteiger partial charge on any atom is 0.150 e. The van der Waals surface area contributed by atoms with Gasteiger partial charge < -0.3 is 10.5 Å². The summed E-state index contributed by atoms with van der Waals surface area (Å²) in [6.45, 7) is 2.02. The lowest BCUT2D eigenvalue weighted by molar-refractivity contribution is 0.335. The summed E-state index contributed by atoms with van der Waals surface area (Å²) in [5.74, 6) is 0.668. The number of nitrogens with two attached hydrogens (primary N) is 1. The van der Waals surface area contributed by atoms with Crippen molar-refractivity contribution in [2.75, 3.05) is 18.6 Å². The molecule has 1 aromatic rings. The molecule has 0 radical (unpaired) electrons. The number of rotatable bonds is 5. The summed E-state index contributed by atoms with van der Waals surface area (Å²) in [5, 5.41) is 0. The number of ether oxygens (including phenoxy) is 1. The van der Waals surface area contributed by atoms with E-state index in [0.29, 0.717) is 5.75 Å². The van der Waals surface area contributed by atoms with Crippen LogP contribution in [-0.2, 0) is 9.84 Å². The van der Waals surface area contributed by atoms with E-state index in [9.17, 15) is 8.42 Å². The van der Waals surface area contributed by atoms with Crippen LogP contribution < -0.4 is 10.5 Å². The average molecular weight is 243 g/mol. The Bertz CT molecular complexity index is 440. The van der Waals surface area contributed by atoms with Crippen LogP contribution in [0.15, 0.2) is 24.3 Å². The van der Waals surface area contributed by atoms with Gasteiger partial charge in [0.1, 0.15) is 12.4 Å². The van der Waals surface area contributed by atoms with E-state index in [4.69, 9.17) is 10.5 Å². The molecule has 5 heteroatoms.